The highest BCUT2D eigenvalue weighted by Gasteiger charge is 2.23. The average molecular weight is 415 g/mol. The molecule has 1 saturated heterocycles. The van der Waals surface area contributed by atoms with Gasteiger partial charge in [0.1, 0.15) is 0 Å². The van der Waals surface area contributed by atoms with E-state index in [-0.39, 0.29) is 11.2 Å². The highest BCUT2D eigenvalue weighted by atomic mass is 79.9. The SMILES string of the molecule is Cc1sc(NC(=O)C2CSCCS2)nc1-c1ccc(Br)cc1. The Morgan fingerprint density at radius 2 is 2.09 bits per heavy atom. The normalized spacial score (nSPS) is 18.2. The van der Waals surface area contributed by atoms with Crippen LogP contribution >= 0.6 is 50.8 Å². The second kappa shape index (κ2) is 7.38. The fraction of sp³-hybridized carbons (Fsp3) is 0.333. The zero-order valence-corrected chi connectivity index (χ0v) is 16.0. The summed E-state index contributed by atoms with van der Waals surface area (Å²) in [6, 6.07) is 8.07. The van der Waals surface area contributed by atoms with Crippen LogP contribution in [0.25, 0.3) is 11.3 Å². The molecule has 116 valence electrons. The van der Waals surface area contributed by atoms with E-state index in [2.05, 4.69) is 26.2 Å². The van der Waals surface area contributed by atoms with Crippen molar-refractivity contribution in [2.24, 2.45) is 0 Å². The van der Waals surface area contributed by atoms with Crippen LogP contribution in [0.5, 0.6) is 0 Å². The van der Waals surface area contributed by atoms with Crippen LogP contribution in [-0.4, -0.2) is 33.4 Å². The maximum Gasteiger partial charge on any atom is 0.240 e. The highest BCUT2D eigenvalue weighted by Crippen LogP contribution is 2.32. The molecule has 0 spiro atoms. The predicted molar refractivity (Wildman–Crippen MR) is 102 cm³/mol. The monoisotopic (exact) mass is 414 g/mol. The van der Waals surface area contributed by atoms with Crippen LogP contribution in [0.1, 0.15) is 4.88 Å². The molecule has 0 radical (unpaired) electrons. The second-order valence-electron chi connectivity index (χ2n) is 4.85. The number of rotatable bonds is 3. The molecule has 1 aliphatic heterocycles. The Morgan fingerprint density at radius 1 is 1.32 bits per heavy atom. The first-order valence-corrected chi connectivity index (χ1v) is 10.7. The molecule has 2 heterocycles. The minimum Gasteiger partial charge on any atom is -0.301 e. The molecule has 1 unspecified atom stereocenters. The number of hydrogen-bond acceptors (Lipinski definition) is 5. The Hall–Kier alpha value is -0.500. The first kappa shape index (κ1) is 16.4. The van der Waals surface area contributed by atoms with Crippen LogP contribution in [0.3, 0.4) is 0 Å². The number of thiazole rings is 1. The topological polar surface area (TPSA) is 42.0 Å². The lowest BCUT2D eigenvalue weighted by molar-refractivity contribution is -0.115. The van der Waals surface area contributed by atoms with Gasteiger partial charge in [-0.05, 0) is 19.1 Å². The third-order valence-corrected chi connectivity index (χ3v) is 7.42. The van der Waals surface area contributed by atoms with Crippen molar-refractivity contribution in [2.75, 3.05) is 22.6 Å². The van der Waals surface area contributed by atoms with Crippen LogP contribution < -0.4 is 5.32 Å². The van der Waals surface area contributed by atoms with Gasteiger partial charge in [-0.15, -0.1) is 23.1 Å². The van der Waals surface area contributed by atoms with Crippen LogP contribution in [0.15, 0.2) is 28.7 Å². The Kier molecular flexibility index (Phi) is 5.49. The zero-order chi connectivity index (χ0) is 15.5. The van der Waals surface area contributed by atoms with Gasteiger partial charge in [0, 0.05) is 32.2 Å². The predicted octanol–water partition coefficient (Wildman–Crippen LogP) is 4.67. The van der Waals surface area contributed by atoms with Gasteiger partial charge in [0.2, 0.25) is 5.91 Å². The van der Waals surface area contributed by atoms with Crippen LogP contribution in [0.2, 0.25) is 0 Å². The molecule has 7 heteroatoms. The van der Waals surface area contributed by atoms with Gasteiger partial charge in [-0.3, -0.25) is 4.79 Å². The van der Waals surface area contributed by atoms with Crippen molar-refractivity contribution in [3.05, 3.63) is 33.6 Å². The number of halogens is 1. The Balaban J connectivity index is 1.74. The molecule has 3 rings (SSSR count). The van der Waals surface area contributed by atoms with Crippen molar-refractivity contribution in [3.63, 3.8) is 0 Å². The van der Waals surface area contributed by atoms with E-state index in [0.717, 1.165) is 37.9 Å². The van der Waals surface area contributed by atoms with Crippen molar-refractivity contribution < 1.29 is 4.79 Å². The lowest BCUT2D eigenvalue weighted by Gasteiger charge is -2.19. The minimum atomic E-state index is 0.0408. The fourth-order valence-electron chi connectivity index (χ4n) is 2.15. The quantitative estimate of drug-likeness (QED) is 0.791. The summed E-state index contributed by atoms with van der Waals surface area (Å²) in [5.74, 6) is 3.15. The van der Waals surface area contributed by atoms with E-state index in [0.29, 0.717) is 5.13 Å². The molecule has 1 aromatic heterocycles. The number of anilines is 1. The van der Waals surface area contributed by atoms with Gasteiger partial charge in [-0.2, -0.15) is 11.8 Å². The van der Waals surface area contributed by atoms with Gasteiger partial charge >= 0.3 is 0 Å². The summed E-state index contributed by atoms with van der Waals surface area (Å²) in [5.41, 5.74) is 2.01. The summed E-state index contributed by atoms with van der Waals surface area (Å²) in [5, 5.41) is 3.71. The van der Waals surface area contributed by atoms with Gasteiger partial charge < -0.3 is 5.32 Å². The summed E-state index contributed by atoms with van der Waals surface area (Å²) in [6.45, 7) is 2.04. The number of aromatic nitrogens is 1. The van der Waals surface area contributed by atoms with Crippen LogP contribution in [0, 0.1) is 6.92 Å². The largest absolute Gasteiger partial charge is 0.301 e. The molecular weight excluding hydrogens is 400 g/mol. The summed E-state index contributed by atoms with van der Waals surface area (Å²) in [6.07, 6.45) is 0. The van der Waals surface area contributed by atoms with E-state index in [1.807, 2.05) is 43.0 Å². The van der Waals surface area contributed by atoms with Crippen molar-refractivity contribution >= 4 is 61.8 Å². The summed E-state index contributed by atoms with van der Waals surface area (Å²) in [4.78, 5) is 18.0. The fourth-order valence-corrected chi connectivity index (χ4v) is 5.81. The number of hydrogen-bond donors (Lipinski definition) is 1. The van der Waals surface area contributed by atoms with Crippen LogP contribution in [-0.2, 0) is 4.79 Å². The third kappa shape index (κ3) is 3.88. The standard InChI is InChI=1S/C15H15BrN2OS3/c1-9-13(10-2-4-11(16)5-3-10)17-15(22-9)18-14(19)12-8-20-6-7-21-12/h2-5,12H,6-8H2,1H3,(H,17,18,19). The first-order valence-electron chi connectivity index (χ1n) is 6.87. The van der Waals surface area contributed by atoms with E-state index in [9.17, 15) is 4.79 Å². The number of nitrogens with zero attached hydrogens (tertiary/aromatic N) is 1. The summed E-state index contributed by atoms with van der Waals surface area (Å²) < 4.78 is 1.05. The first-order chi connectivity index (χ1) is 10.6. The molecule has 0 bridgehead atoms. The van der Waals surface area contributed by atoms with Crippen molar-refractivity contribution in [1.82, 2.24) is 4.98 Å². The van der Waals surface area contributed by atoms with E-state index in [1.54, 1.807) is 11.8 Å². The van der Waals surface area contributed by atoms with E-state index in [4.69, 9.17) is 0 Å². The number of carbonyl (C=O) groups is 1. The van der Waals surface area contributed by atoms with Gasteiger partial charge in [0.25, 0.3) is 0 Å². The lowest BCUT2D eigenvalue weighted by atomic mass is 10.1. The number of carbonyl (C=O) groups excluding carboxylic acids is 1. The minimum absolute atomic E-state index is 0.0408. The number of thioether (sulfide) groups is 2. The molecule has 0 aliphatic carbocycles. The molecule has 1 atom stereocenters. The third-order valence-electron chi connectivity index (χ3n) is 3.25. The molecule has 1 amide bonds. The molecule has 1 fully saturated rings. The molecule has 1 N–H and O–H groups in total. The van der Waals surface area contributed by atoms with E-state index < -0.39 is 0 Å². The van der Waals surface area contributed by atoms with Crippen molar-refractivity contribution in [2.45, 2.75) is 12.2 Å². The zero-order valence-electron chi connectivity index (χ0n) is 12.0. The van der Waals surface area contributed by atoms with E-state index in [1.165, 1.54) is 11.3 Å². The Morgan fingerprint density at radius 3 is 2.77 bits per heavy atom. The van der Waals surface area contributed by atoms with Gasteiger partial charge in [-0.1, -0.05) is 28.1 Å². The number of benzene rings is 1. The summed E-state index contributed by atoms with van der Waals surface area (Å²) >= 11 is 8.56. The lowest BCUT2D eigenvalue weighted by Crippen LogP contribution is -2.30. The van der Waals surface area contributed by atoms with Gasteiger partial charge in [0.05, 0.1) is 10.9 Å². The average Bonchev–Trinajstić information content (AvgIpc) is 2.89. The Labute approximate surface area is 150 Å². The van der Waals surface area contributed by atoms with Crippen molar-refractivity contribution in [1.29, 1.82) is 0 Å². The molecule has 1 aliphatic rings. The van der Waals surface area contributed by atoms with Gasteiger partial charge in [-0.25, -0.2) is 4.98 Å². The molecule has 1 aromatic carbocycles. The maximum atomic E-state index is 12.3. The number of aryl methyl sites for hydroxylation is 1. The molecule has 0 saturated carbocycles. The van der Waals surface area contributed by atoms with Crippen molar-refractivity contribution in [3.8, 4) is 11.3 Å². The molecule has 3 nitrogen and oxygen atoms in total. The molecule has 22 heavy (non-hydrogen) atoms. The second-order valence-corrected chi connectivity index (χ2v) is 9.43. The maximum absolute atomic E-state index is 12.3. The Bertz CT molecular complexity index is 666. The van der Waals surface area contributed by atoms with E-state index >= 15 is 0 Å². The number of nitrogens with one attached hydrogen (secondary N) is 1. The molecular formula is C15H15BrN2OS3. The number of amides is 1. The smallest absolute Gasteiger partial charge is 0.240 e. The molecule has 2 aromatic rings. The van der Waals surface area contributed by atoms with Gasteiger partial charge in [0.15, 0.2) is 5.13 Å². The highest BCUT2D eigenvalue weighted by molar-refractivity contribution is 9.10. The summed E-state index contributed by atoms with van der Waals surface area (Å²) in [7, 11) is 0. The van der Waals surface area contributed by atoms with Crippen LogP contribution in [0.4, 0.5) is 5.13 Å².